The minimum atomic E-state index is -0.295. The lowest BCUT2D eigenvalue weighted by molar-refractivity contribution is 0.0627. The van der Waals surface area contributed by atoms with E-state index in [2.05, 4.69) is 24.6 Å². The Morgan fingerprint density at radius 2 is 1.89 bits per heavy atom. The Hall–Kier alpha value is -3.00. The van der Waals surface area contributed by atoms with E-state index in [1.807, 2.05) is 24.2 Å². The van der Waals surface area contributed by atoms with Crippen molar-refractivity contribution in [3.8, 4) is 11.3 Å². The molecule has 0 saturated carbocycles. The maximum atomic E-state index is 13.1. The summed E-state index contributed by atoms with van der Waals surface area (Å²) in [6.45, 7) is 6.91. The molecule has 1 aliphatic rings. The van der Waals surface area contributed by atoms with Gasteiger partial charge in [-0.3, -0.25) is 14.8 Å². The van der Waals surface area contributed by atoms with Crippen molar-refractivity contribution in [1.82, 2.24) is 29.5 Å². The molecule has 2 aromatic heterocycles. The molecule has 3 aromatic rings. The van der Waals surface area contributed by atoms with E-state index in [4.69, 9.17) is 0 Å². The molecule has 7 nitrogen and oxygen atoms in total. The number of aromatic nitrogens is 4. The molecular weight excluding hydrogens is 359 g/mol. The third kappa shape index (κ3) is 3.96. The van der Waals surface area contributed by atoms with E-state index in [0.29, 0.717) is 24.5 Å². The maximum Gasteiger partial charge on any atom is 0.271 e. The van der Waals surface area contributed by atoms with Gasteiger partial charge < -0.3 is 9.47 Å². The molecule has 8 heteroatoms. The van der Waals surface area contributed by atoms with Gasteiger partial charge in [0.2, 0.25) is 0 Å². The summed E-state index contributed by atoms with van der Waals surface area (Å²) < 4.78 is 15.2. The zero-order valence-corrected chi connectivity index (χ0v) is 15.8. The smallest absolute Gasteiger partial charge is 0.271 e. The van der Waals surface area contributed by atoms with Crippen LogP contribution in [-0.4, -0.2) is 68.2 Å². The number of hydrogen-bond donors (Lipinski definition) is 1. The number of piperazine rings is 1. The molecule has 0 bridgehead atoms. The molecule has 28 heavy (non-hydrogen) atoms. The highest BCUT2D eigenvalue weighted by atomic mass is 19.1. The van der Waals surface area contributed by atoms with Gasteiger partial charge in [-0.1, -0.05) is 0 Å². The number of H-pyrrole nitrogens is 1. The predicted octanol–water partition coefficient (Wildman–Crippen LogP) is 2.18. The molecule has 1 fully saturated rings. The van der Waals surface area contributed by atoms with E-state index < -0.39 is 0 Å². The summed E-state index contributed by atoms with van der Waals surface area (Å²) >= 11 is 0. The molecule has 1 saturated heterocycles. The highest BCUT2D eigenvalue weighted by Crippen LogP contribution is 2.19. The molecule has 1 aromatic carbocycles. The number of carbonyl (C=O) groups is 1. The molecule has 146 valence electrons. The number of benzene rings is 1. The highest BCUT2D eigenvalue weighted by Gasteiger charge is 2.23. The standard InChI is InChI=1S/C20H23FN6O/c1-15-22-6-7-26(15)11-8-25-9-12-27(13-10-25)20(28)19-14-18(23-24-19)16-2-4-17(21)5-3-16/h2-7,14H,8-13H2,1H3,(H,23,24). The van der Waals surface area contributed by atoms with Crippen molar-refractivity contribution in [1.29, 1.82) is 0 Å². The lowest BCUT2D eigenvalue weighted by Gasteiger charge is -2.34. The van der Waals surface area contributed by atoms with Crippen molar-refractivity contribution in [3.63, 3.8) is 0 Å². The Balaban J connectivity index is 1.31. The largest absolute Gasteiger partial charge is 0.335 e. The Morgan fingerprint density at radius 3 is 2.57 bits per heavy atom. The summed E-state index contributed by atoms with van der Waals surface area (Å²) in [6.07, 6.45) is 3.81. The zero-order valence-electron chi connectivity index (χ0n) is 15.8. The van der Waals surface area contributed by atoms with E-state index in [1.165, 1.54) is 12.1 Å². The number of nitrogens with one attached hydrogen (secondary N) is 1. The normalized spacial score (nSPS) is 15.1. The van der Waals surface area contributed by atoms with Crippen molar-refractivity contribution in [3.05, 3.63) is 60.1 Å². The summed E-state index contributed by atoms with van der Waals surface area (Å²) in [5.41, 5.74) is 1.87. The summed E-state index contributed by atoms with van der Waals surface area (Å²) in [6, 6.07) is 7.80. The molecule has 4 rings (SSSR count). The molecule has 1 N–H and O–H groups in total. The Morgan fingerprint density at radius 1 is 1.14 bits per heavy atom. The summed E-state index contributed by atoms with van der Waals surface area (Å²) in [7, 11) is 0. The topological polar surface area (TPSA) is 70.1 Å². The fourth-order valence-corrected chi connectivity index (χ4v) is 3.43. The quantitative estimate of drug-likeness (QED) is 0.734. The Bertz CT molecular complexity index is 940. The zero-order chi connectivity index (χ0) is 19.5. The van der Waals surface area contributed by atoms with Gasteiger partial charge in [0.15, 0.2) is 0 Å². The fourth-order valence-electron chi connectivity index (χ4n) is 3.43. The van der Waals surface area contributed by atoms with Crippen LogP contribution in [0.25, 0.3) is 11.3 Å². The number of amides is 1. The van der Waals surface area contributed by atoms with Crippen LogP contribution in [0, 0.1) is 12.7 Å². The summed E-state index contributed by atoms with van der Waals surface area (Å²) in [5.74, 6) is 0.674. The number of imidazole rings is 1. The first-order valence-corrected chi connectivity index (χ1v) is 9.41. The van der Waals surface area contributed by atoms with Crippen molar-refractivity contribution in [2.45, 2.75) is 13.5 Å². The molecule has 0 radical (unpaired) electrons. The van der Waals surface area contributed by atoms with E-state index in [1.54, 1.807) is 18.2 Å². The average Bonchev–Trinajstić information content (AvgIpc) is 3.36. The number of nitrogens with zero attached hydrogens (tertiary/aromatic N) is 5. The minimum absolute atomic E-state index is 0.0500. The van der Waals surface area contributed by atoms with Crippen LogP contribution in [-0.2, 0) is 6.54 Å². The van der Waals surface area contributed by atoms with Crippen molar-refractivity contribution in [2.75, 3.05) is 32.7 Å². The lowest BCUT2D eigenvalue weighted by atomic mass is 10.1. The molecule has 3 heterocycles. The van der Waals surface area contributed by atoms with Crippen LogP contribution in [0.4, 0.5) is 4.39 Å². The van der Waals surface area contributed by atoms with Gasteiger partial charge in [0.1, 0.15) is 17.3 Å². The number of carbonyl (C=O) groups excluding carboxylic acids is 1. The number of halogens is 1. The fraction of sp³-hybridized carbons (Fsp3) is 0.350. The molecule has 0 aliphatic carbocycles. The van der Waals surface area contributed by atoms with Crippen LogP contribution < -0.4 is 0 Å². The van der Waals surface area contributed by atoms with E-state index in [0.717, 1.165) is 37.6 Å². The first-order valence-electron chi connectivity index (χ1n) is 9.41. The summed E-state index contributed by atoms with van der Waals surface area (Å²) in [4.78, 5) is 21.2. The van der Waals surface area contributed by atoms with Gasteiger partial charge in [0, 0.05) is 57.2 Å². The van der Waals surface area contributed by atoms with E-state index in [-0.39, 0.29) is 11.7 Å². The van der Waals surface area contributed by atoms with Crippen LogP contribution in [0.15, 0.2) is 42.7 Å². The monoisotopic (exact) mass is 382 g/mol. The molecular formula is C20H23FN6O. The number of rotatable bonds is 5. The third-order valence-corrected chi connectivity index (χ3v) is 5.19. The van der Waals surface area contributed by atoms with Gasteiger partial charge in [0.05, 0.1) is 5.69 Å². The van der Waals surface area contributed by atoms with Gasteiger partial charge in [-0.15, -0.1) is 0 Å². The van der Waals surface area contributed by atoms with Gasteiger partial charge >= 0.3 is 0 Å². The van der Waals surface area contributed by atoms with Gasteiger partial charge in [-0.05, 0) is 37.3 Å². The van der Waals surface area contributed by atoms with Gasteiger partial charge in [-0.25, -0.2) is 9.37 Å². The number of hydrogen-bond acceptors (Lipinski definition) is 4. The molecule has 1 amide bonds. The van der Waals surface area contributed by atoms with E-state index in [9.17, 15) is 9.18 Å². The summed E-state index contributed by atoms with van der Waals surface area (Å²) in [5, 5.41) is 7.02. The highest BCUT2D eigenvalue weighted by molar-refractivity contribution is 5.93. The Kier molecular flexibility index (Phi) is 5.21. The first-order chi connectivity index (χ1) is 13.6. The molecule has 0 atom stereocenters. The van der Waals surface area contributed by atoms with Crippen LogP contribution in [0.5, 0.6) is 0 Å². The van der Waals surface area contributed by atoms with Gasteiger partial charge in [-0.2, -0.15) is 5.10 Å². The first kappa shape index (κ1) is 18.4. The Labute approximate surface area is 162 Å². The minimum Gasteiger partial charge on any atom is -0.335 e. The van der Waals surface area contributed by atoms with Crippen molar-refractivity contribution < 1.29 is 9.18 Å². The van der Waals surface area contributed by atoms with E-state index >= 15 is 0 Å². The average molecular weight is 382 g/mol. The second-order valence-electron chi connectivity index (χ2n) is 6.98. The number of aryl methyl sites for hydroxylation is 1. The van der Waals surface area contributed by atoms with Crippen molar-refractivity contribution in [2.24, 2.45) is 0 Å². The van der Waals surface area contributed by atoms with Gasteiger partial charge in [0.25, 0.3) is 5.91 Å². The van der Waals surface area contributed by atoms with Crippen LogP contribution >= 0.6 is 0 Å². The van der Waals surface area contributed by atoms with Crippen LogP contribution in [0.1, 0.15) is 16.3 Å². The maximum absolute atomic E-state index is 13.1. The molecule has 0 unspecified atom stereocenters. The second kappa shape index (κ2) is 7.93. The number of aromatic amines is 1. The predicted molar refractivity (Wildman–Crippen MR) is 103 cm³/mol. The lowest BCUT2D eigenvalue weighted by Crippen LogP contribution is -2.49. The third-order valence-electron chi connectivity index (χ3n) is 5.19. The molecule has 0 spiro atoms. The van der Waals surface area contributed by atoms with Crippen molar-refractivity contribution >= 4 is 5.91 Å². The van der Waals surface area contributed by atoms with Crippen LogP contribution in [0.3, 0.4) is 0 Å². The SMILES string of the molecule is Cc1nccn1CCN1CCN(C(=O)c2cc(-c3ccc(F)cc3)n[nH]2)CC1. The van der Waals surface area contributed by atoms with Crippen LogP contribution in [0.2, 0.25) is 0 Å². The second-order valence-corrected chi connectivity index (χ2v) is 6.98. The molecule has 1 aliphatic heterocycles.